The van der Waals surface area contributed by atoms with Gasteiger partial charge in [-0.3, -0.25) is 0 Å². The minimum absolute atomic E-state index is 0.207. The van der Waals surface area contributed by atoms with E-state index in [0.29, 0.717) is 5.69 Å². The maximum Gasteiger partial charge on any atom is 0.282 e. The summed E-state index contributed by atoms with van der Waals surface area (Å²) in [5.74, 6) is 0. The molecule has 0 saturated heterocycles. The molecule has 0 aliphatic heterocycles. The van der Waals surface area contributed by atoms with Crippen molar-refractivity contribution in [2.75, 3.05) is 0 Å². The SMILES string of the molecule is O=S(=O)([N]c1ccccc1)c1ccccc1. The molecule has 4 heteroatoms. The van der Waals surface area contributed by atoms with Gasteiger partial charge >= 0.3 is 0 Å². The minimum Gasteiger partial charge on any atom is -0.199 e. The molecule has 2 aromatic carbocycles. The lowest BCUT2D eigenvalue weighted by Gasteiger charge is -2.03. The Balaban J connectivity index is 2.29. The van der Waals surface area contributed by atoms with E-state index in [1.165, 1.54) is 12.1 Å². The fourth-order valence-electron chi connectivity index (χ4n) is 1.27. The van der Waals surface area contributed by atoms with Crippen molar-refractivity contribution in [1.82, 2.24) is 4.72 Å². The first-order chi connectivity index (χ1) is 7.68. The molecule has 0 heterocycles. The highest BCUT2D eigenvalue weighted by Gasteiger charge is 2.15. The first-order valence-corrected chi connectivity index (χ1v) is 6.21. The Kier molecular flexibility index (Phi) is 2.92. The van der Waals surface area contributed by atoms with Gasteiger partial charge in [0, 0.05) is 0 Å². The van der Waals surface area contributed by atoms with Crippen molar-refractivity contribution in [3.8, 4) is 0 Å². The molecule has 0 saturated carbocycles. The van der Waals surface area contributed by atoms with Gasteiger partial charge in [0.1, 0.15) is 0 Å². The van der Waals surface area contributed by atoms with Crippen molar-refractivity contribution in [2.45, 2.75) is 4.90 Å². The van der Waals surface area contributed by atoms with E-state index in [9.17, 15) is 8.42 Å². The van der Waals surface area contributed by atoms with Crippen LogP contribution in [0.2, 0.25) is 0 Å². The highest BCUT2D eigenvalue weighted by molar-refractivity contribution is 7.89. The summed E-state index contributed by atoms with van der Waals surface area (Å²) in [6, 6.07) is 16.8. The van der Waals surface area contributed by atoms with E-state index in [2.05, 4.69) is 4.72 Å². The highest BCUT2D eigenvalue weighted by Crippen LogP contribution is 2.14. The number of hydrogen-bond donors (Lipinski definition) is 0. The van der Waals surface area contributed by atoms with Crippen LogP contribution in [0.15, 0.2) is 65.6 Å². The molecule has 81 valence electrons. The Morgan fingerprint density at radius 1 is 0.750 bits per heavy atom. The molecule has 0 N–H and O–H groups in total. The molecule has 0 aliphatic rings. The van der Waals surface area contributed by atoms with Crippen LogP contribution in [0.3, 0.4) is 0 Å². The van der Waals surface area contributed by atoms with Crippen molar-refractivity contribution in [2.24, 2.45) is 0 Å². The van der Waals surface area contributed by atoms with Gasteiger partial charge in [-0.2, -0.15) is 13.1 Å². The van der Waals surface area contributed by atoms with Crippen LogP contribution in [0.5, 0.6) is 0 Å². The second kappa shape index (κ2) is 4.37. The molecular weight excluding hydrogens is 222 g/mol. The van der Waals surface area contributed by atoms with E-state index >= 15 is 0 Å². The average Bonchev–Trinajstić information content (AvgIpc) is 2.31. The smallest absolute Gasteiger partial charge is 0.199 e. The van der Waals surface area contributed by atoms with Gasteiger partial charge in [0.15, 0.2) is 0 Å². The average molecular weight is 232 g/mol. The summed E-state index contributed by atoms with van der Waals surface area (Å²) in [4.78, 5) is 0.207. The van der Waals surface area contributed by atoms with Crippen LogP contribution in [0.1, 0.15) is 0 Å². The maximum atomic E-state index is 11.8. The monoisotopic (exact) mass is 232 g/mol. The molecule has 0 amide bonds. The zero-order valence-corrected chi connectivity index (χ0v) is 9.26. The molecule has 1 radical (unpaired) electrons. The summed E-state index contributed by atoms with van der Waals surface area (Å²) in [7, 11) is -3.59. The van der Waals surface area contributed by atoms with Crippen LogP contribution in [-0.2, 0) is 10.0 Å². The third-order valence-corrected chi connectivity index (χ3v) is 3.34. The van der Waals surface area contributed by atoms with E-state index in [4.69, 9.17) is 0 Å². The third-order valence-electron chi connectivity index (χ3n) is 2.02. The highest BCUT2D eigenvalue weighted by atomic mass is 32.2. The lowest BCUT2D eigenvalue weighted by Crippen LogP contribution is -2.11. The van der Waals surface area contributed by atoms with Crippen LogP contribution >= 0.6 is 0 Å². The van der Waals surface area contributed by atoms with E-state index in [1.54, 1.807) is 42.5 Å². The zero-order chi connectivity index (χ0) is 11.4. The number of hydrogen-bond acceptors (Lipinski definition) is 2. The standard InChI is InChI=1S/C12H10NO2S/c14-16(15,12-9-5-2-6-10-12)13-11-7-3-1-4-8-11/h1-10H. The van der Waals surface area contributed by atoms with Crippen LogP contribution in [0, 0.1) is 0 Å². The Labute approximate surface area is 94.8 Å². The molecule has 0 aliphatic carbocycles. The molecule has 0 atom stereocenters. The molecule has 2 rings (SSSR count). The van der Waals surface area contributed by atoms with Crippen molar-refractivity contribution in [3.05, 3.63) is 60.7 Å². The molecule has 0 spiro atoms. The molecule has 0 bridgehead atoms. The first kappa shape index (κ1) is 10.7. The summed E-state index contributed by atoms with van der Waals surface area (Å²) in [5.41, 5.74) is 0.436. The Morgan fingerprint density at radius 2 is 1.25 bits per heavy atom. The van der Waals surface area contributed by atoms with Crippen LogP contribution in [0.25, 0.3) is 0 Å². The maximum absolute atomic E-state index is 11.8. The van der Waals surface area contributed by atoms with Gasteiger partial charge in [0.05, 0.1) is 10.6 Å². The number of nitrogens with zero attached hydrogens (tertiary/aromatic N) is 1. The summed E-state index contributed by atoms with van der Waals surface area (Å²) < 4.78 is 27.4. The number of benzene rings is 2. The quantitative estimate of drug-likeness (QED) is 0.815. The van der Waals surface area contributed by atoms with E-state index in [0.717, 1.165) is 0 Å². The topological polar surface area (TPSA) is 48.2 Å². The second-order valence-electron chi connectivity index (χ2n) is 3.21. The Morgan fingerprint density at radius 3 is 1.81 bits per heavy atom. The number of sulfonamides is 1. The predicted octanol–water partition coefficient (Wildman–Crippen LogP) is 2.31. The number of rotatable bonds is 3. The molecule has 3 nitrogen and oxygen atoms in total. The van der Waals surface area contributed by atoms with Crippen molar-refractivity contribution >= 4 is 15.7 Å². The van der Waals surface area contributed by atoms with E-state index < -0.39 is 10.0 Å². The molecule has 16 heavy (non-hydrogen) atoms. The van der Waals surface area contributed by atoms with Gasteiger partial charge in [-0.25, -0.2) is 0 Å². The Hall–Kier alpha value is -1.81. The largest absolute Gasteiger partial charge is 0.282 e. The third kappa shape index (κ3) is 2.41. The van der Waals surface area contributed by atoms with Gasteiger partial charge < -0.3 is 0 Å². The lowest BCUT2D eigenvalue weighted by atomic mass is 10.3. The fraction of sp³-hybridized carbons (Fsp3) is 0. The van der Waals surface area contributed by atoms with Gasteiger partial charge in [0.2, 0.25) is 0 Å². The van der Waals surface area contributed by atoms with Gasteiger partial charge in [0.25, 0.3) is 10.0 Å². The summed E-state index contributed by atoms with van der Waals surface area (Å²) >= 11 is 0. The second-order valence-corrected chi connectivity index (χ2v) is 4.82. The molecular formula is C12H10NO2S. The van der Waals surface area contributed by atoms with Crippen LogP contribution < -0.4 is 4.72 Å². The fourth-order valence-corrected chi connectivity index (χ4v) is 2.28. The molecule has 2 aromatic rings. The van der Waals surface area contributed by atoms with E-state index in [-0.39, 0.29) is 4.90 Å². The van der Waals surface area contributed by atoms with Gasteiger partial charge in [-0.1, -0.05) is 36.4 Å². The molecule has 0 aromatic heterocycles. The summed E-state index contributed by atoms with van der Waals surface area (Å²) in [6.07, 6.45) is 0. The van der Waals surface area contributed by atoms with Crippen LogP contribution in [0.4, 0.5) is 5.69 Å². The Bertz CT molecular complexity index is 550. The molecule has 0 fully saturated rings. The van der Waals surface area contributed by atoms with Gasteiger partial charge in [-0.15, -0.1) is 0 Å². The summed E-state index contributed by atoms with van der Waals surface area (Å²) in [6.45, 7) is 0. The zero-order valence-electron chi connectivity index (χ0n) is 8.45. The van der Waals surface area contributed by atoms with Gasteiger partial charge in [-0.05, 0) is 24.3 Å². The lowest BCUT2D eigenvalue weighted by molar-refractivity contribution is 0.590. The first-order valence-electron chi connectivity index (χ1n) is 4.77. The minimum atomic E-state index is -3.59. The van der Waals surface area contributed by atoms with Crippen molar-refractivity contribution < 1.29 is 8.42 Å². The van der Waals surface area contributed by atoms with Crippen LogP contribution in [-0.4, -0.2) is 8.42 Å². The van der Waals surface area contributed by atoms with E-state index in [1.807, 2.05) is 6.07 Å². The molecule has 0 unspecified atom stereocenters. The van der Waals surface area contributed by atoms with Crippen molar-refractivity contribution in [3.63, 3.8) is 0 Å². The van der Waals surface area contributed by atoms with Crippen molar-refractivity contribution in [1.29, 1.82) is 0 Å². The summed E-state index contributed by atoms with van der Waals surface area (Å²) in [5, 5.41) is 0. The normalized spacial score (nSPS) is 11.0. The predicted molar refractivity (Wildman–Crippen MR) is 61.9 cm³/mol.